The molecular formula is C38H40N10O5S2. The number of aromatic nitrogens is 8. The van der Waals surface area contributed by atoms with Gasteiger partial charge in [-0.2, -0.15) is 22.1 Å². The lowest BCUT2D eigenvalue weighted by molar-refractivity contribution is -0.120. The van der Waals surface area contributed by atoms with Gasteiger partial charge in [0.25, 0.3) is 0 Å². The minimum absolute atomic E-state index is 0.258. The molecule has 2 aliphatic rings. The first-order chi connectivity index (χ1) is 26.4. The third kappa shape index (κ3) is 8.01. The molecule has 0 aromatic carbocycles. The molecule has 6 aromatic heterocycles. The van der Waals surface area contributed by atoms with E-state index in [2.05, 4.69) is 47.0 Å². The maximum absolute atomic E-state index is 11.8. The topological polar surface area (TPSA) is 222 Å². The smallest absolute Gasteiger partial charge is 0.335 e. The maximum Gasteiger partial charge on any atom is 0.335 e. The highest BCUT2D eigenvalue weighted by molar-refractivity contribution is 7.51. The fraction of sp³-hybridized carbons (Fsp3) is 0.368. The van der Waals surface area contributed by atoms with Gasteiger partial charge < -0.3 is 14.9 Å². The zero-order valence-corrected chi connectivity index (χ0v) is 33.0. The van der Waals surface area contributed by atoms with E-state index in [0.717, 1.165) is 117 Å². The average Bonchev–Trinajstić information content (AvgIpc) is 4.10. The molecule has 0 saturated heterocycles. The Morgan fingerprint density at radius 3 is 1.51 bits per heavy atom. The number of hydrogen-bond donors (Lipinski definition) is 1. The molecule has 2 N–H and O–H groups in total. The quantitative estimate of drug-likeness (QED) is 0.236. The number of amides is 1. The minimum Gasteiger partial charge on any atom is -0.369 e. The van der Waals surface area contributed by atoms with Crippen LogP contribution in [0.3, 0.4) is 0 Å². The summed E-state index contributed by atoms with van der Waals surface area (Å²) in [5.41, 5.74) is 16.3. The Labute approximate surface area is 324 Å². The summed E-state index contributed by atoms with van der Waals surface area (Å²) < 4.78 is 37.1. The molecule has 15 nitrogen and oxygen atoms in total. The summed E-state index contributed by atoms with van der Waals surface area (Å²) in [5.74, 6) is 1.36. The molecule has 55 heavy (non-hydrogen) atoms. The lowest BCUT2D eigenvalue weighted by Gasteiger charge is -2.14. The molecular weight excluding hydrogens is 741 g/mol. The SMILES string of the molecule is CCc1cc(C2(C#N)CC2)cnc1-c1nc2cc(C)cnc2n1C.CCc1cc(C2(C(N)=O)CC2)cnc1-c1nc2cc(C)cnc2n1C.O=S=O.O=S=O. The van der Waals surface area contributed by atoms with E-state index in [1.807, 2.05) is 67.8 Å². The van der Waals surface area contributed by atoms with Crippen LogP contribution in [-0.2, 0) is 65.7 Å². The largest absolute Gasteiger partial charge is 0.369 e. The summed E-state index contributed by atoms with van der Waals surface area (Å²) >= 11 is -1.50. The first kappa shape index (κ1) is 40.3. The van der Waals surface area contributed by atoms with Gasteiger partial charge in [-0.05, 0) is 97.9 Å². The first-order valence-electron chi connectivity index (χ1n) is 17.5. The number of primary amides is 1. The van der Waals surface area contributed by atoms with Gasteiger partial charge in [0.05, 0.1) is 16.9 Å². The number of imidazole rings is 2. The van der Waals surface area contributed by atoms with Crippen molar-refractivity contribution in [2.24, 2.45) is 19.8 Å². The zero-order chi connectivity index (χ0) is 40.1. The fourth-order valence-electron chi connectivity index (χ4n) is 6.66. The van der Waals surface area contributed by atoms with E-state index in [9.17, 15) is 10.1 Å². The number of aryl methyl sites for hydroxylation is 6. The average molecular weight is 781 g/mol. The van der Waals surface area contributed by atoms with E-state index in [4.69, 9.17) is 37.5 Å². The molecule has 0 spiro atoms. The van der Waals surface area contributed by atoms with E-state index >= 15 is 0 Å². The van der Waals surface area contributed by atoms with Gasteiger partial charge in [0.15, 0.2) is 22.9 Å². The Morgan fingerprint density at radius 2 is 1.15 bits per heavy atom. The number of nitrogens with zero attached hydrogens (tertiary/aromatic N) is 9. The Morgan fingerprint density at radius 1 is 0.727 bits per heavy atom. The van der Waals surface area contributed by atoms with Crippen LogP contribution < -0.4 is 5.73 Å². The predicted octanol–water partition coefficient (Wildman–Crippen LogP) is 4.53. The molecule has 284 valence electrons. The van der Waals surface area contributed by atoms with Gasteiger partial charge in [-0.25, -0.2) is 19.9 Å². The van der Waals surface area contributed by atoms with Crippen LogP contribution in [0.2, 0.25) is 0 Å². The lowest BCUT2D eigenvalue weighted by Crippen LogP contribution is -2.28. The number of fused-ring (bicyclic) bond motifs is 2. The molecule has 2 aliphatic carbocycles. The minimum atomic E-state index is -0.750. The number of nitrogens with two attached hydrogens (primary N) is 1. The molecule has 1 amide bonds. The van der Waals surface area contributed by atoms with Crippen LogP contribution in [0.5, 0.6) is 0 Å². The van der Waals surface area contributed by atoms with Gasteiger partial charge in [0.2, 0.25) is 5.91 Å². The molecule has 6 heterocycles. The normalized spacial score (nSPS) is 14.2. The summed E-state index contributed by atoms with van der Waals surface area (Å²) in [7, 11) is 3.92. The Bertz CT molecular complexity index is 2530. The number of carbonyl (C=O) groups is 1. The third-order valence-corrected chi connectivity index (χ3v) is 10.1. The second-order valence-corrected chi connectivity index (χ2v) is 13.9. The number of hydrogen-bond acceptors (Lipinski definition) is 12. The van der Waals surface area contributed by atoms with Crippen molar-refractivity contribution in [1.82, 2.24) is 39.0 Å². The van der Waals surface area contributed by atoms with Gasteiger partial charge in [0.1, 0.15) is 22.4 Å². The first-order valence-corrected chi connectivity index (χ1v) is 18.8. The van der Waals surface area contributed by atoms with Crippen molar-refractivity contribution in [2.75, 3.05) is 0 Å². The van der Waals surface area contributed by atoms with Crippen LogP contribution >= 0.6 is 0 Å². The van der Waals surface area contributed by atoms with Crippen LogP contribution in [-0.4, -0.2) is 61.8 Å². The summed E-state index contributed by atoms with van der Waals surface area (Å²) in [6.45, 7) is 8.22. The van der Waals surface area contributed by atoms with E-state index in [0.29, 0.717) is 0 Å². The van der Waals surface area contributed by atoms with Crippen LogP contribution in [0.4, 0.5) is 0 Å². The van der Waals surface area contributed by atoms with Crippen molar-refractivity contribution >= 4 is 51.4 Å². The third-order valence-electron chi connectivity index (χ3n) is 10.1. The predicted molar refractivity (Wildman–Crippen MR) is 206 cm³/mol. The fourth-order valence-corrected chi connectivity index (χ4v) is 6.66. The number of carbonyl (C=O) groups excluding carboxylic acids is 1. The Balaban J connectivity index is 0.000000185. The standard InChI is InChI=1S/C19H21N5O.C19H19N5.2O2S/c1-4-12-8-13(19(5-6-19)18(20)25)10-21-15(12)17-23-14-7-11(2)9-22-16(14)24(17)3;1-4-13-8-14(19(11-20)5-6-19)10-21-16(13)18-23-15-7-12(2)9-22-17(15)24(18)3;2*1-3-2/h7-10H,4-6H2,1-3H3,(H2,20,25);7-10H,4-6H2,1-3H3;;. The van der Waals surface area contributed by atoms with Crippen LogP contribution in [0.25, 0.3) is 45.4 Å². The van der Waals surface area contributed by atoms with E-state index < -0.39 is 28.6 Å². The summed E-state index contributed by atoms with van der Waals surface area (Å²) in [5, 5.41) is 9.42. The monoisotopic (exact) mass is 780 g/mol. The molecule has 0 radical (unpaired) electrons. The van der Waals surface area contributed by atoms with E-state index in [1.54, 1.807) is 6.20 Å². The number of pyridine rings is 4. The highest BCUT2D eigenvalue weighted by Crippen LogP contribution is 2.49. The van der Waals surface area contributed by atoms with Crippen molar-refractivity contribution in [3.05, 3.63) is 82.4 Å². The molecule has 17 heteroatoms. The number of rotatable bonds is 7. The van der Waals surface area contributed by atoms with Crippen molar-refractivity contribution in [1.29, 1.82) is 5.26 Å². The van der Waals surface area contributed by atoms with Gasteiger partial charge in [0, 0.05) is 38.9 Å². The molecule has 8 rings (SSSR count). The van der Waals surface area contributed by atoms with Crippen LogP contribution in [0.15, 0.2) is 49.1 Å². The van der Waals surface area contributed by atoms with E-state index in [-0.39, 0.29) is 11.3 Å². The van der Waals surface area contributed by atoms with Crippen molar-refractivity contribution < 1.29 is 21.6 Å². The molecule has 0 unspecified atom stereocenters. The second kappa shape index (κ2) is 16.7. The highest BCUT2D eigenvalue weighted by atomic mass is 32.1. The second-order valence-electron chi connectivity index (χ2n) is 13.6. The highest BCUT2D eigenvalue weighted by Gasteiger charge is 2.50. The summed E-state index contributed by atoms with van der Waals surface area (Å²) in [4.78, 5) is 39.6. The zero-order valence-electron chi connectivity index (χ0n) is 31.3. The molecule has 0 bridgehead atoms. The number of nitriles is 1. The van der Waals surface area contributed by atoms with Crippen molar-refractivity contribution in [3.8, 4) is 29.1 Å². The molecule has 0 atom stereocenters. The lowest BCUT2D eigenvalue weighted by atomic mass is 9.94. The molecule has 2 saturated carbocycles. The molecule has 2 fully saturated rings. The summed E-state index contributed by atoms with van der Waals surface area (Å²) in [6, 6.07) is 10.7. The van der Waals surface area contributed by atoms with Gasteiger partial charge in [-0.3, -0.25) is 14.8 Å². The van der Waals surface area contributed by atoms with E-state index in [1.165, 1.54) is 0 Å². The molecule has 6 aromatic rings. The maximum atomic E-state index is 11.8. The van der Waals surface area contributed by atoms with Crippen LogP contribution in [0, 0.1) is 25.2 Å². The van der Waals surface area contributed by atoms with Gasteiger partial charge in [-0.15, -0.1) is 0 Å². The summed E-state index contributed by atoms with van der Waals surface area (Å²) in [6.07, 6.45) is 12.5. The van der Waals surface area contributed by atoms with Gasteiger partial charge >= 0.3 is 23.1 Å². The molecule has 0 aliphatic heterocycles. The van der Waals surface area contributed by atoms with Crippen molar-refractivity contribution in [2.45, 2.75) is 77.0 Å². The Kier molecular flexibility index (Phi) is 12.2. The Hall–Kier alpha value is -5.86. The van der Waals surface area contributed by atoms with Gasteiger partial charge in [-0.1, -0.05) is 26.0 Å². The van der Waals surface area contributed by atoms with Crippen molar-refractivity contribution in [3.63, 3.8) is 0 Å². The van der Waals surface area contributed by atoms with Crippen LogP contribution in [0.1, 0.15) is 72.9 Å².